The van der Waals surface area contributed by atoms with Crippen molar-refractivity contribution in [2.75, 3.05) is 0 Å². The first-order valence-electron chi connectivity index (χ1n) is 7.31. The lowest BCUT2D eigenvalue weighted by molar-refractivity contribution is 0.609. The van der Waals surface area contributed by atoms with Crippen molar-refractivity contribution in [3.05, 3.63) is 83.1 Å². The van der Waals surface area contributed by atoms with Crippen molar-refractivity contribution in [2.24, 2.45) is 11.5 Å². The van der Waals surface area contributed by atoms with Gasteiger partial charge in [0.1, 0.15) is 5.54 Å². The van der Waals surface area contributed by atoms with Crippen LogP contribution in [0.25, 0.3) is 0 Å². The molecule has 2 heterocycles. The highest BCUT2D eigenvalue weighted by atomic mass is 14.9. The molecule has 22 heavy (non-hydrogen) atoms. The minimum atomic E-state index is -0.855. The second-order valence-corrected chi connectivity index (χ2v) is 5.85. The summed E-state index contributed by atoms with van der Waals surface area (Å²) in [6, 6.07) is 7.95. The molecule has 0 saturated carbocycles. The first-order valence-corrected chi connectivity index (χ1v) is 7.31. The zero-order valence-corrected chi connectivity index (χ0v) is 12.8. The second-order valence-electron chi connectivity index (χ2n) is 5.85. The zero-order chi connectivity index (χ0) is 15.7. The van der Waals surface area contributed by atoms with Gasteiger partial charge in [0.05, 0.1) is 11.4 Å². The fraction of sp³-hybridized carbons (Fsp3) is 0.222. The third-order valence-electron chi connectivity index (χ3n) is 4.02. The van der Waals surface area contributed by atoms with E-state index < -0.39 is 5.54 Å². The van der Waals surface area contributed by atoms with Gasteiger partial charge in [0.15, 0.2) is 0 Å². The molecule has 1 aliphatic rings. The number of nitrogens with two attached hydrogens (primary N) is 2. The molecule has 2 atom stereocenters. The van der Waals surface area contributed by atoms with E-state index in [1.807, 2.05) is 49.5 Å². The molecule has 0 saturated heterocycles. The summed E-state index contributed by atoms with van der Waals surface area (Å²) < 4.78 is 0. The van der Waals surface area contributed by atoms with Crippen molar-refractivity contribution in [2.45, 2.75) is 25.3 Å². The van der Waals surface area contributed by atoms with Crippen molar-refractivity contribution >= 4 is 0 Å². The van der Waals surface area contributed by atoms with Gasteiger partial charge >= 0.3 is 0 Å². The predicted molar refractivity (Wildman–Crippen MR) is 88.0 cm³/mol. The van der Waals surface area contributed by atoms with Crippen LogP contribution in [-0.4, -0.2) is 9.97 Å². The van der Waals surface area contributed by atoms with Gasteiger partial charge in [-0.05, 0) is 49.2 Å². The van der Waals surface area contributed by atoms with Crippen LogP contribution in [0.5, 0.6) is 0 Å². The van der Waals surface area contributed by atoms with Crippen LogP contribution in [-0.2, 0) is 5.54 Å². The van der Waals surface area contributed by atoms with Gasteiger partial charge < -0.3 is 11.5 Å². The zero-order valence-electron chi connectivity index (χ0n) is 12.8. The van der Waals surface area contributed by atoms with Gasteiger partial charge in [-0.3, -0.25) is 9.97 Å². The summed E-state index contributed by atoms with van der Waals surface area (Å²) in [7, 11) is 0. The Morgan fingerprint density at radius 1 is 1.05 bits per heavy atom. The maximum atomic E-state index is 6.50. The van der Waals surface area contributed by atoms with E-state index in [1.165, 1.54) is 5.56 Å². The predicted octanol–water partition coefficient (Wildman–Crippen LogP) is 2.44. The summed E-state index contributed by atoms with van der Waals surface area (Å²) in [5, 5.41) is 0. The number of hydrogen-bond donors (Lipinski definition) is 2. The molecular weight excluding hydrogens is 272 g/mol. The molecule has 2 unspecified atom stereocenters. The van der Waals surface area contributed by atoms with Crippen LogP contribution >= 0.6 is 0 Å². The molecule has 112 valence electrons. The summed E-state index contributed by atoms with van der Waals surface area (Å²) in [5.41, 5.74) is 16.5. The van der Waals surface area contributed by atoms with E-state index in [2.05, 4.69) is 23.0 Å². The Balaban J connectivity index is 1.97. The van der Waals surface area contributed by atoms with Gasteiger partial charge in [-0.15, -0.1) is 0 Å². The molecule has 3 rings (SSSR count). The molecule has 2 aromatic rings. The fourth-order valence-electron chi connectivity index (χ4n) is 2.66. The van der Waals surface area contributed by atoms with Crippen LogP contribution in [0.4, 0.5) is 0 Å². The first kappa shape index (κ1) is 14.5. The quantitative estimate of drug-likeness (QED) is 0.833. The standard InChI is InChI=1S/C18H20N4/c1-12-4-7-21-15(9-12)14-3-6-18(20,16(19)11-14)17-10-13(2)5-8-22-17/h3-11,14H,19-20H2,1-2H3. The lowest BCUT2D eigenvalue weighted by atomic mass is 9.83. The maximum Gasteiger partial charge on any atom is 0.117 e. The van der Waals surface area contributed by atoms with Crippen molar-refractivity contribution in [3.63, 3.8) is 0 Å². The average Bonchev–Trinajstić information content (AvgIpc) is 2.50. The molecule has 0 spiro atoms. The van der Waals surface area contributed by atoms with Gasteiger partial charge in [-0.25, -0.2) is 0 Å². The van der Waals surface area contributed by atoms with Gasteiger partial charge in [0, 0.05) is 24.0 Å². The number of hydrogen-bond acceptors (Lipinski definition) is 4. The molecule has 0 radical (unpaired) electrons. The molecule has 0 fully saturated rings. The number of rotatable bonds is 2. The van der Waals surface area contributed by atoms with Crippen LogP contribution in [0.15, 0.2) is 60.6 Å². The highest BCUT2D eigenvalue weighted by Gasteiger charge is 2.32. The SMILES string of the molecule is Cc1ccnc(C2C=CC(N)(c3cc(C)ccn3)C(N)=C2)c1. The Labute approximate surface area is 130 Å². The van der Waals surface area contributed by atoms with Crippen molar-refractivity contribution in [1.82, 2.24) is 9.97 Å². The molecule has 1 aliphatic carbocycles. The largest absolute Gasteiger partial charge is 0.400 e. The van der Waals surface area contributed by atoms with Crippen molar-refractivity contribution in [1.29, 1.82) is 0 Å². The topological polar surface area (TPSA) is 77.8 Å². The van der Waals surface area contributed by atoms with Crippen molar-refractivity contribution < 1.29 is 0 Å². The number of aromatic nitrogens is 2. The minimum Gasteiger partial charge on any atom is -0.400 e. The third kappa shape index (κ3) is 2.53. The molecular formula is C18H20N4. The average molecular weight is 292 g/mol. The summed E-state index contributed by atoms with van der Waals surface area (Å²) in [6.45, 7) is 4.06. The maximum absolute atomic E-state index is 6.50. The van der Waals surface area contributed by atoms with E-state index in [0.29, 0.717) is 5.70 Å². The summed E-state index contributed by atoms with van der Waals surface area (Å²) in [4.78, 5) is 8.81. The monoisotopic (exact) mass is 292 g/mol. The van der Waals surface area contributed by atoms with Gasteiger partial charge in [-0.2, -0.15) is 0 Å². The van der Waals surface area contributed by atoms with E-state index in [-0.39, 0.29) is 5.92 Å². The van der Waals surface area contributed by atoms with Crippen molar-refractivity contribution in [3.8, 4) is 0 Å². The molecule has 4 heteroatoms. The van der Waals surface area contributed by atoms with Gasteiger partial charge in [0.2, 0.25) is 0 Å². The van der Waals surface area contributed by atoms with Gasteiger partial charge in [-0.1, -0.05) is 18.2 Å². The molecule has 0 amide bonds. The Morgan fingerprint density at radius 2 is 1.73 bits per heavy atom. The number of nitrogens with zero attached hydrogens (tertiary/aromatic N) is 2. The van der Waals surface area contributed by atoms with E-state index in [9.17, 15) is 0 Å². The van der Waals surface area contributed by atoms with E-state index in [0.717, 1.165) is 17.0 Å². The normalized spacial score (nSPS) is 24.1. The van der Waals surface area contributed by atoms with Crippen LogP contribution in [0.2, 0.25) is 0 Å². The lowest BCUT2D eigenvalue weighted by Gasteiger charge is -2.31. The Morgan fingerprint density at radius 3 is 2.36 bits per heavy atom. The first-order chi connectivity index (χ1) is 10.5. The Kier molecular flexibility index (Phi) is 3.54. The smallest absolute Gasteiger partial charge is 0.117 e. The van der Waals surface area contributed by atoms with Crippen LogP contribution < -0.4 is 11.5 Å². The molecule has 4 nitrogen and oxygen atoms in total. The number of allylic oxidation sites excluding steroid dienone is 2. The minimum absolute atomic E-state index is 0.0429. The highest BCUT2D eigenvalue weighted by Crippen LogP contribution is 2.33. The van der Waals surface area contributed by atoms with Crippen LogP contribution in [0.3, 0.4) is 0 Å². The molecule has 0 aliphatic heterocycles. The summed E-state index contributed by atoms with van der Waals surface area (Å²) in [6.07, 6.45) is 9.51. The number of aryl methyl sites for hydroxylation is 2. The van der Waals surface area contributed by atoms with Crippen LogP contribution in [0.1, 0.15) is 28.4 Å². The summed E-state index contributed by atoms with van der Waals surface area (Å²) in [5.74, 6) is 0.0429. The molecule has 2 aromatic heterocycles. The number of pyridine rings is 2. The lowest BCUT2D eigenvalue weighted by Crippen LogP contribution is -2.42. The van der Waals surface area contributed by atoms with E-state index in [1.54, 1.807) is 6.20 Å². The second kappa shape index (κ2) is 5.39. The van der Waals surface area contributed by atoms with Gasteiger partial charge in [0.25, 0.3) is 0 Å². The molecule has 0 bridgehead atoms. The Hall–Kier alpha value is -2.46. The third-order valence-corrected chi connectivity index (χ3v) is 4.02. The molecule has 0 aromatic carbocycles. The van der Waals surface area contributed by atoms with E-state index >= 15 is 0 Å². The van der Waals surface area contributed by atoms with E-state index in [4.69, 9.17) is 11.5 Å². The Bertz CT molecular complexity index is 763. The fourth-order valence-corrected chi connectivity index (χ4v) is 2.66. The molecule has 4 N–H and O–H groups in total. The van der Waals surface area contributed by atoms with Crippen LogP contribution in [0, 0.1) is 13.8 Å². The highest BCUT2D eigenvalue weighted by molar-refractivity contribution is 5.43. The summed E-state index contributed by atoms with van der Waals surface area (Å²) >= 11 is 0.